The van der Waals surface area contributed by atoms with Crippen molar-refractivity contribution in [1.82, 2.24) is 0 Å². The van der Waals surface area contributed by atoms with Gasteiger partial charge in [0.2, 0.25) is 0 Å². The van der Waals surface area contributed by atoms with E-state index in [9.17, 15) is 4.79 Å². The molecule has 0 fully saturated rings. The summed E-state index contributed by atoms with van der Waals surface area (Å²) < 4.78 is 5.07. The summed E-state index contributed by atoms with van der Waals surface area (Å²) in [5.74, 6) is 0.361. The molecule has 1 atom stereocenters. The van der Waals surface area contributed by atoms with Crippen LogP contribution in [0.15, 0.2) is 23.8 Å². The number of ether oxygens (including phenoxy) is 1. The summed E-state index contributed by atoms with van der Waals surface area (Å²) in [7, 11) is 0. The van der Waals surface area contributed by atoms with Crippen LogP contribution in [0, 0.1) is 5.92 Å². The highest BCUT2D eigenvalue weighted by Gasteiger charge is 2.12. The third kappa shape index (κ3) is 14.0. The lowest BCUT2D eigenvalue weighted by Gasteiger charge is -2.16. The van der Waals surface area contributed by atoms with Crippen LogP contribution in [0.25, 0.3) is 0 Å². The molecule has 0 aromatic carbocycles. The molecule has 0 amide bonds. The summed E-state index contributed by atoms with van der Waals surface area (Å²) in [4.78, 5) is 11.4. The lowest BCUT2D eigenvalue weighted by Crippen LogP contribution is -2.10. The zero-order valence-electron chi connectivity index (χ0n) is 14.4. The topological polar surface area (TPSA) is 26.3 Å². The van der Waals surface area contributed by atoms with Crippen molar-refractivity contribution in [3.8, 4) is 0 Å². The van der Waals surface area contributed by atoms with E-state index >= 15 is 0 Å². The average molecular weight is 315 g/mol. The Bertz CT molecular complexity index is 362. The molecular weight excluding hydrogens is 284 g/mol. The maximum atomic E-state index is 11.5. The zero-order valence-corrected chi connectivity index (χ0v) is 15.2. The molecule has 1 unspecified atom stereocenters. The molecule has 0 saturated heterocycles. The van der Waals surface area contributed by atoms with E-state index in [0.29, 0.717) is 5.92 Å². The van der Waals surface area contributed by atoms with Crippen LogP contribution < -0.4 is 0 Å². The highest BCUT2D eigenvalue weighted by Crippen LogP contribution is 2.23. The predicted octanol–water partition coefficient (Wildman–Crippen LogP) is 5.65. The van der Waals surface area contributed by atoms with Gasteiger partial charge in [-0.05, 0) is 59.0 Å². The van der Waals surface area contributed by atoms with E-state index < -0.39 is 0 Å². The number of halogens is 1. The second kappa shape index (κ2) is 10.0. The van der Waals surface area contributed by atoms with Crippen LogP contribution in [-0.4, -0.2) is 16.9 Å². The molecule has 21 heavy (non-hydrogen) atoms. The van der Waals surface area contributed by atoms with Crippen molar-refractivity contribution < 1.29 is 9.53 Å². The Morgan fingerprint density at radius 3 is 2.43 bits per heavy atom. The van der Waals surface area contributed by atoms with E-state index in [-0.39, 0.29) is 16.9 Å². The van der Waals surface area contributed by atoms with E-state index in [4.69, 9.17) is 16.3 Å². The number of hydrogen-bond donors (Lipinski definition) is 0. The van der Waals surface area contributed by atoms with Crippen LogP contribution >= 0.6 is 11.6 Å². The fourth-order valence-electron chi connectivity index (χ4n) is 1.98. The van der Waals surface area contributed by atoms with Gasteiger partial charge in [-0.2, -0.15) is 0 Å². The Morgan fingerprint density at radius 1 is 1.29 bits per heavy atom. The fraction of sp³-hybridized carbons (Fsp3) is 0.722. The third-order valence-electron chi connectivity index (χ3n) is 3.08. The van der Waals surface area contributed by atoms with Gasteiger partial charge in [-0.25, -0.2) is 4.79 Å². The lowest BCUT2D eigenvalue weighted by atomic mass is 9.96. The average Bonchev–Trinajstić information content (AvgIpc) is 2.25. The molecule has 0 radical (unpaired) electrons. The maximum absolute atomic E-state index is 11.5. The van der Waals surface area contributed by atoms with Gasteiger partial charge < -0.3 is 4.74 Å². The molecule has 0 heterocycles. The van der Waals surface area contributed by atoms with Crippen molar-refractivity contribution in [2.24, 2.45) is 5.92 Å². The van der Waals surface area contributed by atoms with Crippen molar-refractivity contribution >= 4 is 17.6 Å². The number of carbonyl (C=O) groups is 1. The predicted molar refractivity (Wildman–Crippen MR) is 91.7 cm³/mol. The van der Waals surface area contributed by atoms with Gasteiger partial charge in [0, 0.05) is 11.0 Å². The zero-order chi connectivity index (χ0) is 16.5. The van der Waals surface area contributed by atoms with E-state index in [2.05, 4.69) is 26.8 Å². The molecule has 0 spiro atoms. The molecule has 0 saturated carbocycles. The van der Waals surface area contributed by atoms with Crippen LogP contribution in [0.4, 0.5) is 0 Å². The van der Waals surface area contributed by atoms with Crippen LogP contribution in [0.2, 0.25) is 0 Å². The largest absolute Gasteiger partial charge is 0.460 e. The van der Waals surface area contributed by atoms with Gasteiger partial charge >= 0.3 is 5.97 Å². The molecule has 2 nitrogen and oxygen atoms in total. The lowest BCUT2D eigenvalue weighted by molar-refractivity contribution is -0.141. The molecule has 0 rings (SSSR count). The Balaban J connectivity index is 4.03. The fourth-order valence-corrected chi connectivity index (χ4v) is 2.11. The molecule has 3 heteroatoms. The SMILES string of the molecule is CC(C=CCC(C)CCCC(C)(C)Cl)=CC(=O)OC(C)C. The van der Waals surface area contributed by atoms with Crippen LogP contribution in [0.5, 0.6) is 0 Å². The molecule has 0 aliphatic heterocycles. The molecule has 0 bridgehead atoms. The summed E-state index contributed by atoms with van der Waals surface area (Å²) in [6.07, 6.45) is 9.98. The number of esters is 1. The number of hydrogen-bond acceptors (Lipinski definition) is 2. The Morgan fingerprint density at radius 2 is 1.90 bits per heavy atom. The standard InChI is InChI=1S/C18H31ClO2/c1-14(2)21-17(20)13-16(4)10-7-9-15(3)11-8-12-18(5,6)19/h7,10,13-15H,8-9,11-12H2,1-6H3. The summed E-state index contributed by atoms with van der Waals surface area (Å²) in [6, 6.07) is 0. The van der Waals surface area contributed by atoms with Crippen molar-refractivity contribution in [2.75, 3.05) is 0 Å². The Kier molecular flexibility index (Phi) is 9.68. The van der Waals surface area contributed by atoms with E-state index in [1.54, 1.807) is 0 Å². The molecule has 0 aromatic heterocycles. The smallest absolute Gasteiger partial charge is 0.331 e. The van der Waals surface area contributed by atoms with E-state index in [1.165, 1.54) is 12.5 Å². The van der Waals surface area contributed by atoms with Gasteiger partial charge in [-0.1, -0.05) is 31.9 Å². The first kappa shape index (κ1) is 20.2. The number of rotatable bonds is 9. The third-order valence-corrected chi connectivity index (χ3v) is 3.27. The van der Waals surface area contributed by atoms with Crippen molar-refractivity contribution in [3.05, 3.63) is 23.8 Å². The van der Waals surface area contributed by atoms with E-state index in [1.807, 2.05) is 26.8 Å². The van der Waals surface area contributed by atoms with Crippen molar-refractivity contribution in [1.29, 1.82) is 0 Å². The second-order valence-corrected chi connectivity index (χ2v) is 7.75. The molecule has 0 aliphatic carbocycles. The van der Waals surface area contributed by atoms with Crippen molar-refractivity contribution in [2.45, 2.75) is 78.2 Å². The number of allylic oxidation sites excluding steroid dienone is 3. The molecule has 0 N–H and O–H groups in total. The minimum absolute atomic E-state index is 0.0725. The minimum atomic E-state index is -0.274. The number of carbonyl (C=O) groups excluding carboxylic acids is 1. The van der Waals surface area contributed by atoms with Gasteiger partial charge in [-0.3, -0.25) is 0 Å². The molecule has 0 aliphatic rings. The molecule has 122 valence electrons. The van der Waals surface area contributed by atoms with Crippen LogP contribution in [0.3, 0.4) is 0 Å². The highest BCUT2D eigenvalue weighted by molar-refractivity contribution is 6.23. The highest BCUT2D eigenvalue weighted by atomic mass is 35.5. The quantitative estimate of drug-likeness (QED) is 0.238. The monoisotopic (exact) mass is 314 g/mol. The van der Waals surface area contributed by atoms with Crippen LogP contribution in [0.1, 0.15) is 67.2 Å². The minimum Gasteiger partial charge on any atom is -0.460 e. The first-order valence-corrected chi connectivity index (χ1v) is 8.22. The van der Waals surface area contributed by atoms with Gasteiger partial charge in [0.1, 0.15) is 0 Å². The summed E-state index contributed by atoms with van der Waals surface area (Å²) >= 11 is 6.18. The maximum Gasteiger partial charge on any atom is 0.331 e. The van der Waals surface area contributed by atoms with E-state index in [0.717, 1.165) is 24.8 Å². The van der Waals surface area contributed by atoms with Gasteiger partial charge in [0.15, 0.2) is 0 Å². The van der Waals surface area contributed by atoms with Crippen LogP contribution in [-0.2, 0) is 9.53 Å². The van der Waals surface area contributed by atoms with Gasteiger partial charge in [0.25, 0.3) is 0 Å². The van der Waals surface area contributed by atoms with Gasteiger partial charge in [0.05, 0.1) is 6.10 Å². The normalized spacial score (nSPS) is 14.8. The summed E-state index contributed by atoms with van der Waals surface area (Å²) in [6.45, 7) is 12.0. The van der Waals surface area contributed by atoms with Crippen molar-refractivity contribution in [3.63, 3.8) is 0 Å². The first-order chi connectivity index (χ1) is 9.60. The number of alkyl halides is 1. The Hall–Kier alpha value is -0.760. The second-order valence-electron chi connectivity index (χ2n) is 6.73. The van der Waals surface area contributed by atoms with Gasteiger partial charge in [-0.15, -0.1) is 11.6 Å². The summed E-state index contributed by atoms with van der Waals surface area (Å²) in [5.41, 5.74) is 0.926. The first-order valence-electron chi connectivity index (χ1n) is 7.84. The Labute approximate surface area is 135 Å². The molecule has 0 aromatic rings. The summed E-state index contributed by atoms with van der Waals surface area (Å²) in [5, 5.41) is 0. The molecular formula is C18H31ClO2.